The predicted molar refractivity (Wildman–Crippen MR) is 99.0 cm³/mol. The van der Waals surface area contributed by atoms with Crippen molar-refractivity contribution in [3.05, 3.63) is 59.7 Å². The summed E-state index contributed by atoms with van der Waals surface area (Å²) < 4.78 is 10.5. The summed E-state index contributed by atoms with van der Waals surface area (Å²) in [6.07, 6.45) is 0.748. The van der Waals surface area contributed by atoms with Crippen LogP contribution in [-0.4, -0.2) is 45.2 Å². The fraction of sp³-hybridized carbons (Fsp3) is 0.350. The van der Waals surface area contributed by atoms with Crippen molar-refractivity contribution in [2.45, 2.75) is 13.0 Å². The van der Waals surface area contributed by atoms with Crippen LogP contribution in [0.25, 0.3) is 0 Å². The van der Waals surface area contributed by atoms with Crippen molar-refractivity contribution >= 4 is 5.91 Å². The van der Waals surface area contributed by atoms with Gasteiger partial charge in [0.05, 0.1) is 20.8 Å². The molecule has 1 N–H and O–H groups in total. The van der Waals surface area contributed by atoms with Gasteiger partial charge in [0.25, 0.3) is 0 Å². The lowest BCUT2D eigenvalue weighted by Crippen LogP contribution is -2.35. The standard InChI is InChI=1S/C20H26N2O3/c1-22(14-16-8-10-18(24-2)11-9-16)15-20(23)21-13-12-17-6-4-5-7-19(17)25-3/h4-11H,12-15H2,1-3H3,(H,21,23). The Kier molecular flexibility index (Phi) is 7.29. The second-order valence-corrected chi connectivity index (χ2v) is 5.93. The van der Waals surface area contributed by atoms with Crippen LogP contribution >= 0.6 is 0 Å². The van der Waals surface area contributed by atoms with E-state index in [1.165, 1.54) is 0 Å². The summed E-state index contributed by atoms with van der Waals surface area (Å²) in [4.78, 5) is 14.1. The number of likely N-dealkylation sites (N-methyl/N-ethyl adjacent to an activating group) is 1. The number of benzene rings is 2. The molecular weight excluding hydrogens is 316 g/mol. The molecule has 0 atom stereocenters. The van der Waals surface area contributed by atoms with Crippen LogP contribution in [0.15, 0.2) is 48.5 Å². The summed E-state index contributed by atoms with van der Waals surface area (Å²) in [7, 11) is 5.24. The Balaban J connectivity index is 1.73. The molecule has 0 saturated heterocycles. The van der Waals surface area contributed by atoms with E-state index in [9.17, 15) is 4.79 Å². The second kappa shape index (κ2) is 9.69. The molecule has 2 aromatic rings. The molecule has 0 unspecified atom stereocenters. The normalized spacial score (nSPS) is 10.6. The number of nitrogens with zero attached hydrogens (tertiary/aromatic N) is 1. The third-order valence-electron chi connectivity index (χ3n) is 3.93. The Morgan fingerprint density at radius 1 is 1.04 bits per heavy atom. The van der Waals surface area contributed by atoms with Gasteiger partial charge in [-0.2, -0.15) is 0 Å². The number of hydrogen-bond acceptors (Lipinski definition) is 4. The molecule has 0 bridgehead atoms. The summed E-state index contributed by atoms with van der Waals surface area (Å²) in [6.45, 7) is 1.66. The first-order chi connectivity index (χ1) is 12.1. The average Bonchev–Trinajstić information content (AvgIpc) is 2.62. The van der Waals surface area contributed by atoms with Crippen LogP contribution in [0.4, 0.5) is 0 Å². The van der Waals surface area contributed by atoms with E-state index in [1.807, 2.05) is 60.5 Å². The molecule has 0 aromatic heterocycles. The first-order valence-electron chi connectivity index (χ1n) is 8.32. The fourth-order valence-corrected chi connectivity index (χ4v) is 2.65. The molecule has 1 amide bonds. The minimum Gasteiger partial charge on any atom is -0.497 e. The highest BCUT2D eigenvalue weighted by atomic mass is 16.5. The van der Waals surface area contributed by atoms with Crippen LogP contribution in [0.5, 0.6) is 11.5 Å². The molecule has 25 heavy (non-hydrogen) atoms. The van der Waals surface area contributed by atoms with Gasteiger partial charge in [-0.1, -0.05) is 30.3 Å². The van der Waals surface area contributed by atoms with Crippen LogP contribution in [0.1, 0.15) is 11.1 Å². The van der Waals surface area contributed by atoms with Gasteiger partial charge in [-0.05, 0) is 42.8 Å². The van der Waals surface area contributed by atoms with Crippen molar-refractivity contribution < 1.29 is 14.3 Å². The molecule has 0 radical (unpaired) electrons. The molecule has 0 heterocycles. The third-order valence-corrected chi connectivity index (χ3v) is 3.93. The topological polar surface area (TPSA) is 50.8 Å². The Hall–Kier alpha value is -2.53. The van der Waals surface area contributed by atoms with Crippen molar-refractivity contribution in [3.8, 4) is 11.5 Å². The number of rotatable bonds is 9. The van der Waals surface area contributed by atoms with E-state index < -0.39 is 0 Å². The second-order valence-electron chi connectivity index (χ2n) is 5.93. The maximum Gasteiger partial charge on any atom is 0.234 e. The van der Waals surface area contributed by atoms with Crippen molar-refractivity contribution in [2.24, 2.45) is 0 Å². The van der Waals surface area contributed by atoms with Crippen LogP contribution < -0.4 is 14.8 Å². The van der Waals surface area contributed by atoms with Gasteiger partial charge in [0.2, 0.25) is 5.91 Å². The number of methoxy groups -OCH3 is 2. The summed E-state index contributed by atoms with van der Waals surface area (Å²) in [6, 6.07) is 15.7. The minimum atomic E-state index is 0.0194. The highest BCUT2D eigenvalue weighted by molar-refractivity contribution is 5.78. The zero-order valence-electron chi connectivity index (χ0n) is 15.1. The third kappa shape index (κ3) is 6.12. The summed E-state index contributed by atoms with van der Waals surface area (Å²) in [5.41, 5.74) is 2.24. The molecule has 2 rings (SSSR count). The summed E-state index contributed by atoms with van der Waals surface area (Å²) in [5.74, 6) is 1.71. The number of para-hydroxylation sites is 1. The predicted octanol–water partition coefficient (Wildman–Crippen LogP) is 2.49. The van der Waals surface area contributed by atoms with E-state index in [1.54, 1.807) is 14.2 Å². The molecule has 2 aromatic carbocycles. The van der Waals surface area contributed by atoms with E-state index in [-0.39, 0.29) is 5.91 Å². The van der Waals surface area contributed by atoms with Crippen molar-refractivity contribution in [2.75, 3.05) is 34.4 Å². The average molecular weight is 342 g/mol. The van der Waals surface area contributed by atoms with Crippen molar-refractivity contribution in [3.63, 3.8) is 0 Å². The van der Waals surface area contributed by atoms with Gasteiger partial charge >= 0.3 is 0 Å². The summed E-state index contributed by atoms with van der Waals surface area (Å²) in [5, 5.41) is 2.96. The molecule has 0 spiro atoms. The van der Waals surface area contributed by atoms with E-state index in [0.717, 1.165) is 29.0 Å². The minimum absolute atomic E-state index is 0.0194. The maximum absolute atomic E-state index is 12.1. The summed E-state index contributed by atoms with van der Waals surface area (Å²) >= 11 is 0. The van der Waals surface area contributed by atoms with Gasteiger partial charge in [0.15, 0.2) is 0 Å². The molecule has 134 valence electrons. The number of carbonyl (C=O) groups excluding carboxylic acids is 1. The molecule has 0 aliphatic carbocycles. The molecule has 5 nitrogen and oxygen atoms in total. The fourth-order valence-electron chi connectivity index (χ4n) is 2.65. The van der Waals surface area contributed by atoms with Gasteiger partial charge in [-0.25, -0.2) is 0 Å². The van der Waals surface area contributed by atoms with Crippen molar-refractivity contribution in [1.82, 2.24) is 10.2 Å². The Bertz CT molecular complexity index is 671. The zero-order chi connectivity index (χ0) is 18.1. The Morgan fingerprint density at radius 2 is 1.76 bits per heavy atom. The van der Waals surface area contributed by atoms with Gasteiger partial charge in [0, 0.05) is 13.1 Å². The molecule has 0 fully saturated rings. The number of carbonyl (C=O) groups is 1. The van der Waals surface area contributed by atoms with E-state index in [2.05, 4.69) is 5.32 Å². The van der Waals surface area contributed by atoms with Crippen molar-refractivity contribution in [1.29, 1.82) is 0 Å². The van der Waals surface area contributed by atoms with Gasteiger partial charge in [-0.15, -0.1) is 0 Å². The smallest absolute Gasteiger partial charge is 0.234 e. The monoisotopic (exact) mass is 342 g/mol. The highest BCUT2D eigenvalue weighted by Gasteiger charge is 2.08. The molecular formula is C20H26N2O3. The lowest BCUT2D eigenvalue weighted by atomic mass is 10.1. The van der Waals surface area contributed by atoms with Crippen LogP contribution in [0, 0.1) is 0 Å². The SMILES string of the molecule is COc1ccc(CN(C)CC(=O)NCCc2ccccc2OC)cc1. The first-order valence-corrected chi connectivity index (χ1v) is 8.32. The number of nitrogens with one attached hydrogen (secondary N) is 1. The lowest BCUT2D eigenvalue weighted by molar-refractivity contribution is -0.122. The van der Waals surface area contributed by atoms with Gasteiger partial charge in [0.1, 0.15) is 11.5 Å². The van der Waals surface area contributed by atoms with E-state index in [4.69, 9.17) is 9.47 Å². The van der Waals surface area contributed by atoms with Gasteiger partial charge < -0.3 is 14.8 Å². The Labute approximate surface area is 149 Å². The number of hydrogen-bond donors (Lipinski definition) is 1. The highest BCUT2D eigenvalue weighted by Crippen LogP contribution is 2.17. The lowest BCUT2D eigenvalue weighted by Gasteiger charge is -2.17. The molecule has 0 saturated carbocycles. The molecule has 5 heteroatoms. The largest absolute Gasteiger partial charge is 0.497 e. The molecule has 0 aliphatic heterocycles. The van der Waals surface area contributed by atoms with Gasteiger partial charge in [-0.3, -0.25) is 9.69 Å². The van der Waals surface area contributed by atoms with Crippen LogP contribution in [0.3, 0.4) is 0 Å². The number of ether oxygens (including phenoxy) is 2. The zero-order valence-corrected chi connectivity index (χ0v) is 15.1. The Morgan fingerprint density at radius 3 is 2.44 bits per heavy atom. The maximum atomic E-state index is 12.1. The van der Waals surface area contributed by atoms with E-state index >= 15 is 0 Å². The molecule has 0 aliphatic rings. The first kappa shape index (κ1) is 18.8. The van der Waals surface area contributed by atoms with Crippen LogP contribution in [0.2, 0.25) is 0 Å². The quantitative estimate of drug-likeness (QED) is 0.761. The van der Waals surface area contributed by atoms with Crippen LogP contribution in [-0.2, 0) is 17.8 Å². The van der Waals surface area contributed by atoms with E-state index in [0.29, 0.717) is 19.6 Å². The number of amides is 1.